The Kier molecular flexibility index (Phi) is 7.52. The fraction of sp³-hybridized carbons (Fsp3) is 0.367. The van der Waals surface area contributed by atoms with Crippen LogP contribution in [0.15, 0.2) is 78.9 Å². The second kappa shape index (κ2) is 11.1. The number of anilines is 1. The summed E-state index contributed by atoms with van der Waals surface area (Å²) in [4.78, 5) is 20.1. The molecule has 0 bridgehead atoms. The Labute approximate surface area is 213 Å². The minimum Gasteiger partial charge on any atom is -0.497 e. The third-order valence-electron chi connectivity index (χ3n) is 7.52. The van der Waals surface area contributed by atoms with Gasteiger partial charge in [0.05, 0.1) is 18.7 Å². The summed E-state index contributed by atoms with van der Waals surface area (Å²) in [5.74, 6) is 0.840. The smallest absolute Gasteiger partial charge is 0.227 e. The molecule has 2 aliphatic rings. The maximum atomic E-state index is 14.2. The van der Waals surface area contributed by atoms with Crippen molar-refractivity contribution in [2.75, 3.05) is 44.7 Å². The summed E-state index contributed by atoms with van der Waals surface area (Å²) in [5.41, 5.74) is 3.10. The Balaban J connectivity index is 1.27. The molecule has 0 spiro atoms. The second-order valence-electron chi connectivity index (χ2n) is 9.75. The van der Waals surface area contributed by atoms with Gasteiger partial charge in [-0.25, -0.2) is 4.39 Å². The molecule has 6 heteroatoms. The van der Waals surface area contributed by atoms with E-state index >= 15 is 0 Å². The van der Waals surface area contributed by atoms with Gasteiger partial charge < -0.3 is 14.5 Å². The van der Waals surface area contributed by atoms with Crippen LogP contribution in [0.3, 0.4) is 0 Å². The van der Waals surface area contributed by atoms with Crippen molar-refractivity contribution in [3.8, 4) is 5.75 Å². The number of carbonyl (C=O) groups is 1. The van der Waals surface area contributed by atoms with E-state index in [4.69, 9.17) is 4.74 Å². The van der Waals surface area contributed by atoms with Crippen LogP contribution in [0.25, 0.3) is 0 Å². The van der Waals surface area contributed by atoms with Gasteiger partial charge in [-0.2, -0.15) is 0 Å². The average Bonchev–Trinajstić information content (AvgIpc) is 2.93. The van der Waals surface area contributed by atoms with Gasteiger partial charge in [-0.05, 0) is 48.2 Å². The number of methoxy groups -OCH3 is 1. The number of carbonyl (C=O) groups excluding carboxylic acids is 1. The molecule has 0 saturated carbocycles. The number of halogens is 1. The molecule has 5 nitrogen and oxygen atoms in total. The molecule has 36 heavy (non-hydrogen) atoms. The number of piperidine rings is 1. The van der Waals surface area contributed by atoms with Crippen molar-refractivity contribution in [2.45, 2.75) is 25.4 Å². The quantitative estimate of drug-likeness (QED) is 0.483. The van der Waals surface area contributed by atoms with E-state index in [0.29, 0.717) is 31.9 Å². The Morgan fingerprint density at radius 1 is 0.917 bits per heavy atom. The number of ether oxygens (including phenoxy) is 1. The summed E-state index contributed by atoms with van der Waals surface area (Å²) < 4.78 is 19.7. The lowest BCUT2D eigenvalue weighted by atomic mass is 9.87. The van der Waals surface area contributed by atoms with Crippen molar-refractivity contribution in [1.82, 2.24) is 9.80 Å². The van der Waals surface area contributed by atoms with E-state index in [9.17, 15) is 9.18 Å². The maximum absolute atomic E-state index is 14.2. The first-order valence-corrected chi connectivity index (χ1v) is 12.8. The molecular formula is C30H34FN3O2. The summed E-state index contributed by atoms with van der Waals surface area (Å²) in [6, 6.07) is 25.9. The van der Waals surface area contributed by atoms with E-state index in [1.807, 2.05) is 40.1 Å². The molecule has 188 valence electrons. The second-order valence-corrected chi connectivity index (χ2v) is 9.75. The number of para-hydroxylation sites is 1. The van der Waals surface area contributed by atoms with Crippen LogP contribution in [0.2, 0.25) is 0 Å². The van der Waals surface area contributed by atoms with Crippen molar-refractivity contribution in [3.63, 3.8) is 0 Å². The molecular weight excluding hydrogens is 453 g/mol. The highest BCUT2D eigenvalue weighted by atomic mass is 19.1. The monoisotopic (exact) mass is 487 g/mol. The average molecular weight is 488 g/mol. The first kappa shape index (κ1) is 24.3. The van der Waals surface area contributed by atoms with Gasteiger partial charge in [-0.15, -0.1) is 0 Å². The molecule has 2 heterocycles. The van der Waals surface area contributed by atoms with Crippen LogP contribution in [-0.4, -0.2) is 55.5 Å². The van der Waals surface area contributed by atoms with Gasteiger partial charge in [-0.3, -0.25) is 9.69 Å². The number of likely N-dealkylation sites (tertiary alicyclic amines) is 1. The van der Waals surface area contributed by atoms with Gasteiger partial charge in [0.1, 0.15) is 11.6 Å². The molecule has 2 aliphatic heterocycles. The van der Waals surface area contributed by atoms with Crippen molar-refractivity contribution in [1.29, 1.82) is 0 Å². The molecule has 0 N–H and O–H groups in total. The van der Waals surface area contributed by atoms with E-state index in [1.54, 1.807) is 13.2 Å². The number of amides is 1. The SMILES string of the molecule is COc1cccc(CN2CC(C(=O)N3CCN(c4ccccc4F)CC3)CCC2c2ccccc2)c1. The van der Waals surface area contributed by atoms with E-state index in [0.717, 1.165) is 31.7 Å². The van der Waals surface area contributed by atoms with Crippen molar-refractivity contribution < 1.29 is 13.9 Å². The normalized spacial score (nSPS) is 20.8. The fourth-order valence-electron chi connectivity index (χ4n) is 5.61. The molecule has 2 unspecified atom stereocenters. The van der Waals surface area contributed by atoms with Crippen LogP contribution >= 0.6 is 0 Å². The van der Waals surface area contributed by atoms with E-state index in [1.165, 1.54) is 17.2 Å². The number of hydrogen-bond donors (Lipinski definition) is 0. The summed E-state index contributed by atoms with van der Waals surface area (Å²) in [6.45, 7) is 4.05. The summed E-state index contributed by atoms with van der Waals surface area (Å²) in [6.07, 6.45) is 1.82. The molecule has 5 rings (SSSR count). The summed E-state index contributed by atoms with van der Waals surface area (Å²) in [7, 11) is 1.69. The highest BCUT2D eigenvalue weighted by Crippen LogP contribution is 2.36. The zero-order chi connectivity index (χ0) is 24.9. The lowest BCUT2D eigenvalue weighted by Crippen LogP contribution is -2.53. The molecule has 1 amide bonds. The van der Waals surface area contributed by atoms with Crippen LogP contribution < -0.4 is 9.64 Å². The van der Waals surface area contributed by atoms with Crippen LogP contribution in [-0.2, 0) is 11.3 Å². The first-order valence-electron chi connectivity index (χ1n) is 12.8. The molecule has 0 aliphatic carbocycles. The van der Waals surface area contributed by atoms with Crippen LogP contribution in [0.4, 0.5) is 10.1 Å². The maximum Gasteiger partial charge on any atom is 0.227 e. The third-order valence-corrected chi connectivity index (χ3v) is 7.52. The molecule has 2 atom stereocenters. The molecule has 0 aromatic heterocycles. The van der Waals surface area contributed by atoms with Crippen molar-refractivity contribution in [3.05, 3.63) is 95.8 Å². The van der Waals surface area contributed by atoms with Gasteiger partial charge >= 0.3 is 0 Å². The Hall–Kier alpha value is -3.38. The number of benzene rings is 3. The van der Waals surface area contributed by atoms with Gasteiger partial charge in [0.25, 0.3) is 0 Å². The molecule has 2 saturated heterocycles. The van der Waals surface area contributed by atoms with Gasteiger partial charge in [-0.1, -0.05) is 54.6 Å². The molecule has 3 aromatic carbocycles. The van der Waals surface area contributed by atoms with E-state index in [-0.39, 0.29) is 23.7 Å². The predicted molar refractivity (Wildman–Crippen MR) is 141 cm³/mol. The Morgan fingerprint density at radius 2 is 1.67 bits per heavy atom. The first-order chi connectivity index (χ1) is 17.6. The number of piperazine rings is 1. The predicted octanol–water partition coefficient (Wildman–Crippen LogP) is 5.14. The number of rotatable bonds is 6. The van der Waals surface area contributed by atoms with Crippen LogP contribution in [0.1, 0.15) is 30.0 Å². The zero-order valence-electron chi connectivity index (χ0n) is 20.9. The largest absolute Gasteiger partial charge is 0.497 e. The highest BCUT2D eigenvalue weighted by molar-refractivity contribution is 5.79. The van der Waals surface area contributed by atoms with Gasteiger partial charge in [0, 0.05) is 45.3 Å². The van der Waals surface area contributed by atoms with Gasteiger partial charge in [0.2, 0.25) is 5.91 Å². The van der Waals surface area contributed by atoms with Crippen LogP contribution in [0.5, 0.6) is 5.75 Å². The van der Waals surface area contributed by atoms with Gasteiger partial charge in [0.15, 0.2) is 0 Å². The van der Waals surface area contributed by atoms with Crippen LogP contribution in [0, 0.1) is 11.7 Å². The fourth-order valence-corrected chi connectivity index (χ4v) is 5.61. The van der Waals surface area contributed by atoms with E-state index in [2.05, 4.69) is 41.3 Å². The topological polar surface area (TPSA) is 36.0 Å². The Morgan fingerprint density at radius 3 is 2.42 bits per heavy atom. The minimum absolute atomic E-state index is 0.0319. The van der Waals surface area contributed by atoms with Crippen molar-refractivity contribution >= 4 is 11.6 Å². The summed E-state index contributed by atoms with van der Waals surface area (Å²) >= 11 is 0. The standard InChI is InChI=1S/C30H34FN3O2/c1-36-26-11-7-8-23(20-26)21-34-22-25(14-15-28(34)24-9-3-2-4-10-24)30(35)33-18-16-32(17-19-33)29-13-6-5-12-27(29)31/h2-13,20,25,28H,14-19,21-22H2,1H3. The number of nitrogens with zero attached hydrogens (tertiary/aromatic N) is 3. The lowest BCUT2D eigenvalue weighted by Gasteiger charge is -2.42. The van der Waals surface area contributed by atoms with E-state index < -0.39 is 0 Å². The molecule has 3 aromatic rings. The third kappa shape index (κ3) is 5.39. The van der Waals surface area contributed by atoms with Crippen molar-refractivity contribution in [2.24, 2.45) is 5.92 Å². The minimum atomic E-state index is -0.204. The molecule has 0 radical (unpaired) electrons. The summed E-state index contributed by atoms with van der Waals surface area (Å²) in [5, 5.41) is 0. The Bertz CT molecular complexity index is 1160. The lowest BCUT2D eigenvalue weighted by molar-refractivity contribution is -0.138. The highest BCUT2D eigenvalue weighted by Gasteiger charge is 2.35. The number of hydrogen-bond acceptors (Lipinski definition) is 4. The zero-order valence-corrected chi connectivity index (χ0v) is 20.9. The molecule has 2 fully saturated rings.